The number of hydrogen-bond donors (Lipinski definition) is 10. The summed E-state index contributed by atoms with van der Waals surface area (Å²) < 4.78 is 75.3. The predicted molar refractivity (Wildman–Crippen MR) is 169 cm³/mol. The van der Waals surface area contributed by atoms with Gasteiger partial charge in [-0.2, -0.15) is 13.6 Å². The molecule has 5 unspecified atom stereocenters. The van der Waals surface area contributed by atoms with Gasteiger partial charge in [0.05, 0.1) is 26.6 Å². The maximum atomic E-state index is 12.6. The van der Waals surface area contributed by atoms with Crippen LogP contribution in [0.25, 0.3) is 22.3 Å². The Morgan fingerprint density at radius 2 is 1.49 bits per heavy atom. The lowest BCUT2D eigenvalue weighted by Crippen LogP contribution is -2.46. The van der Waals surface area contributed by atoms with Gasteiger partial charge in [-0.05, 0) is 0 Å². The summed E-state index contributed by atoms with van der Waals surface area (Å²) in [5.74, 6) is -0.549. The number of imidazole rings is 2. The lowest BCUT2D eigenvalue weighted by molar-refractivity contribution is -0.745. The number of aliphatic hydroxyl groups excluding tert-OH is 3. The van der Waals surface area contributed by atoms with E-state index in [-0.39, 0.29) is 34.2 Å². The normalized spacial score (nSPS) is 29.7. The van der Waals surface area contributed by atoms with E-state index in [0.29, 0.717) is 0 Å². The Bertz CT molecular complexity index is 2300. The average Bonchev–Trinajstić information content (AvgIpc) is 3.76. The summed E-state index contributed by atoms with van der Waals surface area (Å²) in [6, 6.07) is 0. The minimum absolute atomic E-state index is 0.00284. The first kappa shape index (κ1) is 39.2. The molecule has 2 saturated heterocycles. The number of aliphatic hydroxyl groups is 3. The number of anilines is 2. The first-order valence-corrected chi connectivity index (χ1v) is 19.3. The molecule has 6 rings (SSSR count). The van der Waals surface area contributed by atoms with Crippen molar-refractivity contribution >= 4 is 57.7 Å². The number of aromatic nitrogens is 8. The molecule has 28 nitrogen and oxygen atoms in total. The van der Waals surface area contributed by atoms with Crippen LogP contribution in [0.15, 0.2) is 22.2 Å². The van der Waals surface area contributed by atoms with Gasteiger partial charge in [-0.1, -0.05) is 4.98 Å². The monoisotopic (exact) mass is 817 g/mol. The van der Waals surface area contributed by atoms with Gasteiger partial charge in [0, 0.05) is 7.11 Å². The number of H-pyrrole nitrogens is 2. The van der Waals surface area contributed by atoms with E-state index in [1.807, 2.05) is 0 Å². The fraction of sp³-hybridized carbons (Fsp3) is 0.545. The van der Waals surface area contributed by atoms with Crippen molar-refractivity contribution in [3.8, 4) is 0 Å². The van der Waals surface area contributed by atoms with Crippen LogP contribution in [0.5, 0.6) is 0 Å². The van der Waals surface area contributed by atoms with Crippen molar-refractivity contribution in [2.24, 2.45) is 7.05 Å². The van der Waals surface area contributed by atoms with E-state index >= 15 is 0 Å². The Morgan fingerprint density at radius 3 is 2.13 bits per heavy atom. The second kappa shape index (κ2) is 14.3. The van der Waals surface area contributed by atoms with E-state index in [4.69, 9.17) is 30.2 Å². The maximum Gasteiger partial charge on any atom is 0.490 e. The molecule has 6 heterocycles. The first-order valence-electron chi connectivity index (χ1n) is 14.8. The van der Waals surface area contributed by atoms with E-state index in [2.05, 4.69) is 38.1 Å². The van der Waals surface area contributed by atoms with E-state index < -0.39 is 96.9 Å². The zero-order valence-electron chi connectivity index (χ0n) is 26.9. The molecule has 2 fully saturated rings. The molecule has 2 aliphatic rings. The number of rotatable bonds is 13. The highest BCUT2D eigenvalue weighted by Gasteiger charge is 2.51. The van der Waals surface area contributed by atoms with Crippen LogP contribution in [-0.4, -0.2) is 121 Å². The van der Waals surface area contributed by atoms with Crippen LogP contribution in [0.3, 0.4) is 0 Å². The number of hydrogen-bond acceptors (Lipinski definition) is 20. The number of methoxy groups -OCH3 is 1. The molecule has 0 amide bonds. The molecule has 4 aromatic rings. The van der Waals surface area contributed by atoms with Crippen LogP contribution in [0.4, 0.5) is 11.9 Å². The number of aryl methyl sites for hydroxylation is 1. The van der Waals surface area contributed by atoms with E-state index in [0.717, 1.165) is 18.0 Å². The van der Waals surface area contributed by atoms with Gasteiger partial charge in [-0.3, -0.25) is 37.7 Å². The quantitative estimate of drug-likeness (QED) is 0.0455. The number of nitrogens with one attached hydrogen (secondary N) is 2. The highest BCUT2D eigenvalue weighted by atomic mass is 31.3. The van der Waals surface area contributed by atoms with Gasteiger partial charge in [0.2, 0.25) is 17.7 Å². The summed E-state index contributed by atoms with van der Waals surface area (Å²) in [6.45, 7) is -2.03. The summed E-state index contributed by atoms with van der Waals surface area (Å²) in [5, 5.41) is 31.9. The highest BCUT2D eigenvalue weighted by molar-refractivity contribution is 7.66. The topological polar surface area (TPSA) is 407 Å². The Hall–Kier alpha value is -3.53. The summed E-state index contributed by atoms with van der Waals surface area (Å²) in [7, 11) is -14.6. The molecule has 0 radical (unpaired) electrons. The second-order valence-corrected chi connectivity index (χ2v) is 16.1. The number of phosphoric acid groups is 3. The number of ether oxygens (including phenoxy) is 3. The summed E-state index contributed by atoms with van der Waals surface area (Å²) in [4.78, 5) is 71.0. The third kappa shape index (κ3) is 7.85. The molecule has 292 valence electrons. The Balaban J connectivity index is 1.06. The molecular formula is C22H32N10O18P3+. The second-order valence-electron chi connectivity index (χ2n) is 11.5. The molecule has 4 aromatic heterocycles. The Morgan fingerprint density at radius 1 is 0.887 bits per heavy atom. The van der Waals surface area contributed by atoms with Crippen molar-refractivity contribution in [1.82, 2.24) is 34.1 Å². The number of fused-ring (bicyclic) bond motifs is 2. The third-order valence-corrected chi connectivity index (χ3v) is 12.2. The minimum atomic E-state index is -5.98. The van der Waals surface area contributed by atoms with Crippen LogP contribution < -0.4 is 27.2 Å². The van der Waals surface area contributed by atoms with Crippen molar-refractivity contribution in [3.63, 3.8) is 0 Å². The van der Waals surface area contributed by atoms with Crippen molar-refractivity contribution in [1.29, 1.82) is 0 Å². The molecule has 12 N–H and O–H groups in total. The maximum absolute atomic E-state index is 12.6. The van der Waals surface area contributed by atoms with Crippen molar-refractivity contribution in [2.75, 3.05) is 31.8 Å². The lowest BCUT2D eigenvalue weighted by Gasteiger charge is -2.21. The zero-order chi connectivity index (χ0) is 38.8. The third-order valence-electron chi connectivity index (χ3n) is 7.92. The molecule has 0 aromatic carbocycles. The Kier molecular flexibility index (Phi) is 10.6. The van der Waals surface area contributed by atoms with Gasteiger partial charge in [0.1, 0.15) is 36.6 Å². The van der Waals surface area contributed by atoms with Crippen LogP contribution in [0.2, 0.25) is 0 Å². The standard InChI is InChI=1S/C22H31N10O18P3/c1-30-6-32(16-10(30)18(37)29-22(24)27-16)20-13(35)14(44-2)8(48-20)4-46-52(40,41)50-53(42,43)49-51(38,39)45-3-7-11(33)12(34)19(47-7)31-5-25-9-15(31)26-21(23)28-17(9)36/h5-8,11-14,19-20,33-35H,3-4H2,1-2H3,(H8-,23,24,26,27,28,29,36,37,38,39,40,41,42,43)/p+1/t7-,8-,11?,12+,13?,14+,19-,20-/m1/s1. The van der Waals surface area contributed by atoms with Crippen LogP contribution in [-0.2, 0) is 52.6 Å². The summed E-state index contributed by atoms with van der Waals surface area (Å²) in [6.07, 6.45) is -9.74. The number of nitrogens with two attached hydrogens (primary N) is 2. The summed E-state index contributed by atoms with van der Waals surface area (Å²) in [5.41, 5.74) is 9.60. The largest absolute Gasteiger partial charge is 0.490 e. The van der Waals surface area contributed by atoms with E-state index in [9.17, 15) is 53.3 Å². The molecule has 31 heteroatoms. The van der Waals surface area contributed by atoms with Crippen LogP contribution in [0.1, 0.15) is 12.5 Å². The van der Waals surface area contributed by atoms with Crippen molar-refractivity contribution < 1.29 is 80.1 Å². The van der Waals surface area contributed by atoms with Crippen molar-refractivity contribution in [3.05, 3.63) is 33.4 Å². The first-order chi connectivity index (χ1) is 24.7. The van der Waals surface area contributed by atoms with E-state index in [1.54, 1.807) is 0 Å². The smallest absolute Gasteiger partial charge is 0.387 e. The fourth-order valence-electron chi connectivity index (χ4n) is 5.71. The zero-order valence-corrected chi connectivity index (χ0v) is 29.6. The van der Waals surface area contributed by atoms with Gasteiger partial charge in [-0.25, -0.2) is 23.2 Å². The van der Waals surface area contributed by atoms with E-state index in [1.165, 1.54) is 22.5 Å². The van der Waals surface area contributed by atoms with Crippen LogP contribution in [0, 0.1) is 0 Å². The van der Waals surface area contributed by atoms with Crippen LogP contribution >= 0.6 is 23.5 Å². The van der Waals surface area contributed by atoms with Gasteiger partial charge in [0.25, 0.3) is 17.1 Å². The SMILES string of the molecule is CO[C@@H]1C(O)[C@H]([n+]2cn(C)c3c(=O)[nH]c(N)nc32)O[C@@H]1COP(=O)(O)OP(=O)(O)OP(=O)(O)OC[C@H]1O[C@@H](n2cnc3c(=O)[nH]c(N)nc32)[C@@H](O)C1O. The van der Waals surface area contributed by atoms with Gasteiger partial charge in [-0.15, -0.1) is 0 Å². The Labute approximate surface area is 293 Å². The van der Waals surface area contributed by atoms with Crippen molar-refractivity contribution in [2.45, 2.75) is 49.1 Å². The molecule has 0 aliphatic carbocycles. The number of aromatic amines is 2. The molecule has 0 spiro atoms. The van der Waals surface area contributed by atoms with Gasteiger partial charge >= 0.3 is 29.1 Å². The highest BCUT2D eigenvalue weighted by Crippen LogP contribution is 2.67. The molecular weight excluding hydrogens is 785 g/mol. The number of nitrogen functional groups attached to an aromatic ring is 2. The molecule has 53 heavy (non-hydrogen) atoms. The number of nitrogens with zero attached hydrogens (tertiary/aromatic N) is 6. The van der Waals surface area contributed by atoms with Gasteiger partial charge in [0.15, 0.2) is 23.7 Å². The summed E-state index contributed by atoms with van der Waals surface area (Å²) >= 11 is 0. The molecule has 0 saturated carbocycles. The predicted octanol–water partition coefficient (Wildman–Crippen LogP) is -3.89. The minimum Gasteiger partial charge on any atom is -0.387 e. The number of phosphoric ester groups is 2. The molecule has 0 bridgehead atoms. The molecule has 11 atom stereocenters. The lowest BCUT2D eigenvalue weighted by atomic mass is 10.1. The van der Waals surface area contributed by atoms with Gasteiger partial charge < -0.3 is 55.7 Å². The average molecular weight is 817 g/mol. The molecule has 2 aliphatic heterocycles. The fourth-order valence-corrected chi connectivity index (χ4v) is 9.24.